The number of hydrogen-bond donors (Lipinski definition) is 1. The second kappa shape index (κ2) is 9.13. The lowest BCUT2D eigenvalue weighted by molar-refractivity contribution is -0.136. The monoisotopic (exact) mass is 311 g/mol. The summed E-state index contributed by atoms with van der Waals surface area (Å²) in [5.74, 6) is 0.488. The lowest BCUT2D eigenvalue weighted by atomic mass is 9.96. The zero-order chi connectivity index (χ0) is 16.7. The molecule has 5 nitrogen and oxygen atoms in total. The summed E-state index contributed by atoms with van der Waals surface area (Å²) in [6.45, 7) is 13.2. The van der Waals surface area contributed by atoms with Crippen molar-refractivity contribution in [2.45, 2.75) is 66.0 Å². The molecular weight excluding hydrogens is 278 g/mol. The van der Waals surface area contributed by atoms with Gasteiger partial charge < -0.3 is 10.2 Å². The van der Waals surface area contributed by atoms with Crippen LogP contribution >= 0.6 is 0 Å². The van der Waals surface area contributed by atoms with E-state index in [0.29, 0.717) is 6.54 Å². The van der Waals surface area contributed by atoms with Gasteiger partial charge in [0.05, 0.1) is 6.54 Å². The van der Waals surface area contributed by atoms with E-state index in [-0.39, 0.29) is 29.8 Å². The Kier molecular flexibility index (Phi) is 7.87. The van der Waals surface area contributed by atoms with Crippen LogP contribution < -0.4 is 5.32 Å². The van der Waals surface area contributed by atoms with Crippen LogP contribution in [0.4, 0.5) is 0 Å². The van der Waals surface area contributed by atoms with Crippen molar-refractivity contribution in [3.05, 3.63) is 0 Å². The second-order valence-electron chi connectivity index (χ2n) is 6.83. The lowest BCUT2D eigenvalue weighted by Gasteiger charge is -2.35. The molecule has 1 rings (SSSR count). The second-order valence-corrected chi connectivity index (χ2v) is 6.83. The van der Waals surface area contributed by atoms with Crippen molar-refractivity contribution in [3.63, 3.8) is 0 Å². The molecule has 0 saturated carbocycles. The first-order valence-corrected chi connectivity index (χ1v) is 8.68. The molecular formula is C17H33N3O2. The SMILES string of the molecule is CCCNC(=O)C1CCN(CC(=O)N(C(C)C)C(C)C)CC1. The summed E-state index contributed by atoms with van der Waals surface area (Å²) in [5.41, 5.74) is 0. The maximum atomic E-state index is 12.5. The molecule has 128 valence electrons. The van der Waals surface area contributed by atoms with E-state index in [0.717, 1.165) is 38.9 Å². The third kappa shape index (κ3) is 5.59. The molecule has 1 saturated heterocycles. The van der Waals surface area contributed by atoms with Crippen molar-refractivity contribution < 1.29 is 9.59 Å². The minimum Gasteiger partial charge on any atom is -0.356 e. The summed E-state index contributed by atoms with van der Waals surface area (Å²) < 4.78 is 0. The van der Waals surface area contributed by atoms with Gasteiger partial charge in [-0.2, -0.15) is 0 Å². The molecule has 2 amide bonds. The molecule has 0 aliphatic carbocycles. The first kappa shape index (κ1) is 18.9. The lowest BCUT2D eigenvalue weighted by Crippen LogP contribution is -2.49. The van der Waals surface area contributed by atoms with Crippen LogP contribution in [0, 0.1) is 5.92 Å². The highest BCUT2D eigenvalue weighted by atomic mass is 16.2. The molecule has 1 heterocycles. The van der Waals surface area contributed by atoms with E-state index >= 15 is 0 Å². The van der Waals surface area contributed by atoms with Crippen LogP contribution in [0.25, 0.3) is 0 Å². The van der Waals surface area contributed by atoms with Crippen LogP contribution in [0.5, 0.6) is 0 Å². The number of hydrogen-bond acceptors (Lipinski definition) is 3. The standard InChI is InChI=1S/C17H33N3O2/c1-6-9-18-17(22)15-7-10-19(11-8-15)12-16(21)20(13(2)3)14(4)5/h13-15H,6-12H2,1-5H3,(H,18,22). The molecule has 1 N–H and O–H groups in total. The summed E-state index contributed by atoms with van der Waals surface area (Å²) in [7, 11) is 0. The fraction of sp³-hybridized carbons (Fsp3) is 0.882. The Balaban J connectivity index is 2.42. The molecule has 0 atom stereocenters. The highest BCUT2D eigenvalue weighted by Crippen LogP contribution is 2.18. The third-order valence-electron chi connectivity index (χ3n) is 4.27. The van der Waals surface area contributed by atoms with Crippen LogP contribution in [0.2, 0.25) is 0 Å². The van der Waals surface area contributed by atoms with Crippen LogP contribution in [0.15, 0.2) is 0 Å². The average molecular weight is 311 g/mol. The highest BCUT2D eigenvalue weighted by Gasteiger charge is 2.27. The van der Waals surface area contributed by atoms with Gasteiger partial charge in [-0.1, -0.05) is 6.92 Å². The molecule has 0 unspecified atom stereocenters. The summed E-state index contributed by atoms with van der Waals surface area (Å²) in [5, 5.41) is 2.97. The van der Waals surface area contributed by atoms with Gasteiger partial charge in [0.2, 0.25) is 11.8 Å². The smallest absolute Gasteiger partial charge is 0.237 e. The van der Waals surface area contributed by atoms with Gasteiger partial charge in [0, 0.05) is 24.5 Å². The Morgan fingerprint density at radius 3 is 2.14 bits per heavy atom. The van der Waals surface area contributed by atoms with Gasteiger partial charge in [-0.25, -0.2) is 0 Å². The highest BCUT2D eigenvalue weighted by molar-refractivity contribution is 5.79. The molecule has 1 aliphatic heterocycles. The van der Waals surface area contributed by atoms with Crippen molar-refractivity contribution in [2.75, 3.05) is 26.2 Å². The summed E-state index contributed by atoms with van der Waals surface area (Å²) >= 11 is 0. The number of carbonyl (C=O) groups is 2. The summed E-state index contributed by atoms with van der Waals surface area (Å²) in [6.07, 6.45) is 2.68. The zero-order valence-corrected chi connectivity index (χ0v) is 14.9. The van der Waals surface area contributed by atoms with Gasteiger partial charge in [-0.3, -0.25) is 14.5 Å². The van der Waals surface area contributed by atoms with Gasteiger partial charge in [-0.05, 0) is 60.0 Å². The maximum absolute atomic E-state index is 12.5. The quantitative estimate of drug-likeness (QED) is 0.781. The molecule has 0 aromatic rings. The number of amides is 2. The molecule has 0 aromatic carbocycles. The van der Waals surface area contributed by atoms with Crippen LogP contribution in [-0.2, 0) is 9.59 Å². The van der Waals surface area contributed by atoms with Crippen molar-refractivity contribution >= 4 is 11.8 Å². The van der Waals surface area contributed by atoms with Crippen molar-refractivity contribution in [1.29, 1.82) is 0 Å². The van der Waals surface area contributed by atoms with Crippen molar-refractivity contribution in [2.24, 2.45) is 5.92 Å². The Morgan fingerprint density at radius 2 is 1.68 bits per heavy atom. The fourth-order valence-electron chi connectivity index (χ4n) is 3.19. The molecule has 0 aromatic heterocycles. The van der Waals surface area contributed by atoms with Gasteiger partial charge in [0.15, 0.2) is 0 Å². The normalized spacial score (nSPS) is 17.0. The van der Waals surface area contributed by atoms with Gasteiger partial charge in [0.25, 0.3) is 0 Å². The van der Waals surface area contributed by atoms with E-state index in [9.17, 15) is 9.59 Å². The Hall–Kier alpha value is -1.10. The summed E-state index contributed by atoms with van der Waals surface area (Å²) in [6, 6.07) is 0.453. The minimum absolute atomic E-state index is 0.115. The number of piperidine rings is 1. The van der Waals surface area contributed by atoms with Crippen LogP contribution in [-0.4, -0.2) is 59.9 Å². The van der Waals surface area contributed by atoms with Crippen LogP contribution in [0.3, 0.4) is 0 Å². The van der Waals surface area contributed by atoms with Crippen LogP contribution in [0.1, 0.15) is 53.9 Å². The number of rotatable bonds is 7. The zero-order valence-electron chi connectivity index (χ0n) is 14.9. The van der Waals surface area contributed by atoms with E-state index in [2.05, 4.69) is 44.8 Å². The van der Waals surface area contributed by atoms with E-state index in [1.165, 1.54) is 0 Å². The number of carbonyl (C=O) groups excluding carboxylic acids is 2. The predicted octanol–water partition coefficient (Wildman–Crippen LogP) is 1.87. The first-order chi connectivity index (χ1) is 10.4. The van der Waals surface area contributed by atoms with E-state index in [1.807, 2.05) is 4.90 Å². The van der Waals surface area contributed by atoms with Crippen molar-refractivity contribution in [1.82, 2.24) is 15.1 Å². The largest absolute Gasteiger partial charge is 0.356 e. The Labute approximate surface area is 135 Å². The maximum Gasteiger partial charge on any atom is 0.237 e. The fourth-order valence-corrected chi connectivity index (χ4v) is 3.19. The molecule has 0 radical (unpaired) electrons. The van der Waals surface area contributed by atoms with Crippen molar-refractivity contribution in [3.8, 4) is 0 Å². The molecule has 5 heteroatoms. The first-order valence-electron chi connectivity index (χ1n) is 8.68. The third-order valence-corrected chi connectivity index (χ3v) is 4.27. The Bertz CT molecular complexity index is 353. The molecule has 0 spiro atoms. The molecule has 22 heavy (non-hydrogen) atoms. The van der Waals surface area contributed by atoms with Gasteiger partial charge in [-0.15, -0.1) is 0 Å². The van der Waals surface area contributed by atoms with Gasteiger partial charge in [0.1, 0.15) is 0 Å². The number of nitrogens with one attached hydrogen (secondary N) is 1. The average Bonchev–Trinajstić information content (AvgIpc) is 2.44. The van der Waals surface area contributed by atoms with E-state index in [1.54, 1.807) is 0 Å². The molecule has 1 aliphatic rings. The summed E-state index contributed by atoms with van der Waals surface area (Å²) in [4.78, 5) is 28.6. The Morgan fingerprint density at radius 1 is 1.14 bits per heavy atom. The number of nitrogens with zero attached hydrogens (tertiary/aromatic N) is 2. The predicted molar refractivity (Wildman–Crippen MR) is 89.6 cm³/mol. The molecule has 0 bridgehead atoms. The molecule has 1 fully saturated rings. The van der Waals surface area contributed by atoms with E-state index < -0.39 is 0 Å². The number of likely N-dealkylation sites (tertiary alicyclic amines) is 1. The topological polar surface area (TPSA) is 52.7 Å². The minimum atomic E-state index is 0.115. The van der Waals surface area contributed by atoms with E-state index in [4.69, 9.17) is 0 Å². The van der Waals surface area contributed by atoms with Gasteiger partial charge >= 0.3 is 0 Å².